The topological polar surface area (TPSA) is 26.3 Å². The molecule has 0 amide bonds. The van der Waals surface area contributed by atoms with Gasteiger partial charge >= 0.3 is 5.97 Å². The highest BCUT2D eigenvalue weighted by atomic mass is 19.3. The van der Waals surface area contributed by atoms with Gasteiger partial charge < -0.3 is 4.74 Å². The number of hydrogen-bond donors (Lipinski definition) is 0. The molecule has 23 heavy (non-hydrogen) atoms. The van der Waals surface area contributed by atoms with E-state index >= 15 is 0 Å². The van der Waals surface area contributed by atoms with Crippen molar-refractivity contribution in [2.24, 2.45) is 11.8 Å². The molecule has 0 unspecified atom stereocenters. The fourth-order valence-electron chi connectivity index (χ4n) is 3.30. The van der Waals surface area contributed by atoms with Crippen molar-refractivity contribution in [3.8, 4) is 5.75 Å². The maximum Gasteiger partial charge on any atom is 0.314 e. The van der Waals surface area contributed by atoms with E-state index in [0.717, 1.165) is 38.5 Å². The Labute approximate surface area is 135 Å². The van der Waals surface area contributed by atoms with Crippen LogP contribution in [0.25, 0.3) is 0 Å². The number of ether oxygens (including phenoxy) is 1. The van der Waals surface area contributed by atoms with Gasteiger partial charge in [0.15, 0.2) is 11.6 Å². The first-order valence-electron chi connectivity index (χ1n) is 8.22. The lowest BCUT2D eigenvalue weighted by Gasteiger charge is -2.27. The monoisotopic (exact) mass is 328 g/mol. The highest BCUT2D eigenvalue weighted by Gasteiger charge is 2.29. The van der Waals surface area contributed by atoms with E-state index in [1.54, 1.807) is 0 Å². The minimum atomic E-state index is -2.93. The summed E-state index contributed by atoms with van der Waals surface area (Å²) < 4.78 is 45.0. The maximum absolute atomic E-state index is 14.1. The number of carbonyl (C=O) groups excluding carboxylic acids is 1. The van der Waals surface area contributed by atoms with Crippen molar-refractivity contribution in [2.45, 2.75) is 58.8 Å². The van der Waals surface area contributed by atoms with E-state index in [1.165, 1.54) is 19.1 Å². The SMILES string of the molecule is CCCC1CCC(C(=O)Oc2ccc(C)c(C(F)F)c2F)CC1. The molecular weight excluding hydrogens is 305 g/mol. The first kappa shape index (κ1) is 17.8. The normalized spacial score (nSPS) is 21.5. The van der Waals surface area contributed by atoms with Crippen molar-refractivity contribution in [1.29, 1.82) is 0 Å². The van der Waals surface area contributed by atoms with E-state index in [9.17, 15) is 18.0 Å². The molecule has 1 aliphatic carbocycles. The predicted molar refractivity (Wildman–Crippen MR) is 82.1 cm³/mol. The van der Waals surface area contributed by atoms with Crippen molar-refractivity contribution >= 4 is 5.97 Å². The number of rotatable bonds is 5. The summed E-state index contributed by atoms with van der Waals surface area (Å²) in [7, 11) is 0. The highest BCUT2D eigenvalue weighted by Crippen LogP contribution is 2.34. The van der Waals surface area contributed by atoms with Gasteiger partial charge in [-0.3, -0.25) is 4.79 Å². The molecule has 2 nitrogen and oxygen atoms in total. The zero-order chi connectivity index (χ0) is 17.0. The number of aryl methyl sites for hydroxylation is 1. The molecule has 0 radical (unpaired) electrons. The Kier molecular flexibility index (Phi) is 6.08. The summed E-state index contributed by atoms with van der Waals surface area (Å²) >= 11 is 0. The van der Waals surface area contributed by atoms with Gasteiger partial charge in [0.1, 0.15) is 0 Å². The standard InChI is InChI=1S/C18H23F3O2/c1-3-4-12-6-8-13(9-7-12)18(22)23-14-10-5-11(2)15(16(14)19)17(20)21/h5,10,12-13,17H,3-4,6-9H2,1-2H3. The number of hydrogen-bond acceptors (Lipinski definition) is 2. The van der Waals surface area contributed by atoms with E-state index < -0.39 is 29.5 Å². The van der Waals surface area contributed by atoms with Crippen LogP contribution in [0.3, 0.4) is 0 Å². The van der Waals surface area contributed by atoms with Crippen LogP contribution in [0, 0.1) is 24.6 Å². The Morgan fingerprint density at radius 1 is 1.26 bits per heavy atom. The summed E-state index contributed by atoms with van der Waals surface area (Å²) in [5, 5.41) is 0. The van der Waals surface area contributed by atoms with E-state index in [-0.39, 0.29) is 11.5 Å². The second kappa shape index (κ2) is 7.84. The summed E-state index contributed by atoms with van der Waals surface area (Å²) in [6.07, 6.45) is 2.73. The third-order valence-electron chi connectivity index (χ3n) is 4.67. The van der Waals surface area contributed by atoms with Gasteiger partial charge in [0.2, 0.25) is 0 Å². The predicted octanol–water partition coefficient (Wildman–Crippen LogP) is 5.58. The van der Waals surface area contributed by atoms with Crippen LogP contribution in [0.5, 0.6) is 5.75 Å². The van der Waals surface area contributed by atoms with Gasteiger partial charge in [-0.2, -0.15) is 0 Å². The van der Waals surface area contributed by atoms with Crippen LogP contribution in [-0.2, 0) is 4.79 Å². The van der Waals surface area contributed by atoms with Crippen molar-refractivity contribution < 1.29 is 22.7 Å². The van der Waals surface area contributed by atoms with Crippen LogP contribution in [0.4, 0.5) is 13.2 Å². The Morgan fingerprint density at radius 2 is 1.91 bits per heavy atom. The summed E-state index contributed by atoms with van der Waals surface area (Å²) in [5.74, 6) is -1.66. The first-order valence-corrected chi connectivity index (χ1v) is 8.22. The van der Waals surface area contributed by atoms with Crippen molar-refractivity contribution in [2.75, 3.05) is 0 Å². The quantitative estimate of drug-likeness (QED) is 0.521. The zero-order valence-electron chi connectivity index (χ0n) is 13.6. The highest BCUT2D eigenvalue weighted by molar-refractivity contribution is 5.75. The molecule has 2 rings (SSSR count). The number of halogens is 3. The molecule has 0 heterocycles. The van der Waals surface area contributed by atoms with Crippen LogP contribution in [0.1, 0.15) is 63.0 Å². The number of esters is 1. The molecule has 5 heteroatoms. The molecule has 0 N–H and O–H groups in total. The zero-order valence-corrected chi connectivity index (χ0v) is 13.6. The minimum Gasteiger partial charge on any atom is -0.423 e. The molecule has 128 valence electrons. The Balaban J connectivity index is 2.03. The molecule has 0 aliphatic heterocycles. The molecule has 1 aromatic carbocycles. The first-order chi connectivity index (χ1) is 10.9. The Morgan fingerprint density at radius 3 is 2.48 bits per heavy atom. The van der Waals surface area contributed by atoms with E-state index in [4.69, 9.17) is 4.74 Å². The van der Waals surface area contributed by atoms with Crippen molar-refractivity contribution in [3.05, 3.63) is 29.1 Å². The lowest BCUT2D eigenvalue weighted by Crippen LogP contribution is -2.26. The Bertz CT molecular complexity index is 549. The number of benzene rings is 1. The second-order valence-corrected chi connectivity index (χ2v) is 6.34. The van der Waals surface area contributed by atoms with Crippen LogP contribution in [0.2, 0.25) is 0 Å². The number of carbonyl (C=O) groups is 1. The fourth-order valence-corrected chi connectivity index (χ4v) is 3.30. The molecule has 1 fully saturated rings. The summed E-state index contributed by atoms with van der Waals surface area (Å²) in [6, 6.07) is 2.60. The van der Waals surface area contributed by atoms with Gasteiger partial charge in [0.05, 0.1) is 11.5 Å². The fraction of sp³-hybridized carbons (Fsp3) is 0.611. The summed E-state index contributed by atoms with van der Waals surface area (Å²) in [4.78, 5) is 12.2. The maximum atomic E-state index is 14.1. The molecule has 1 saturated carbocycles. The van der Waals surface area contributed by atoms with E-state index in [2.05, 4.69) is 6.92 Å². The molecule has 0 atom stereocenters. The molecule has 1 aromatic rings. The van der Waals surface area contributed by atoms with Crippen molar-refractivity contribution in [3.63, 3.8) is 0 Å². The lowest BCUT2D eigenvalue weighted by atomic mass is 9.80. The van der Waals surface area contributed by atoms with Crippen molar-refractivity contribution in [1.82, 2.24) is 0 Å². The van der Waals surface area contributed by atoms with E-state index in [1.807, 2.05) is 0 Å². The minimum absolute atomic E-state index is 0.150. The second-order valence-electron chi connectivity index (χ2n) is 6.34. The molecular formula is C18H23F3O2. The van der Waals surface area contributed by atoms with Crippen LogP contribution < -0.4 is 4.74 Å². The molecule has 0 bridgehead atoms. The third kappa shape index (κ3) is 4.27. The molecule has 0 aromatic heterocycles. The number of alkyl halides is 2. The summed E-state index contributed by atoms with van der Waals surface area (Å²) in [6.45, 7) is 3.55. The lowest BCUT2D eigenvalue weighted by molar-refractivity contribution is -0.140. The van der Waals surface area contributed by atoms with Gasteiger partial charge in [0, 0.05) is 0 Å². The van der Waals surface area contributed by atoms with Gasteiger partial charge in [-0.05, 0) is 50.2 Å². The third-order valence-corrected chi connectivity index (χ3v) is 4.67. The smallest absolute Gasteiger partial charge is 0.314 e. The van der Waals surface area contributed by atoms with Gasteiger partial charge in [-0.25, -0.2) is 13.2 Å². The van der Waals surface area contributed by atoms with Gasteiger partial charge in [-0.15, -0.1) is 0 Å². The average molecular weight is 328 g/mol. The largest absolute Gasteiger partial charge is 0.423 e. The summed E-state index contributed by atoms with van der Waals surface area (Å²) in [5.41, 5.74) is -0.542. The van der Waals surface area contributed by atoms with Gasteiger partial charge in [0.25, 0.3) is 6.43 Å². The van der Waals surface area contributed by atoms with E-state index in [0.29, 0.717) is 5.92 Å². The van der Waals surface area contributed by atoms with Crippen LogP contribution >= 0.6 is 0 Å². The molecule has 1 aliphatic rings. The van der Waals surface area contributed by atoms with Crippen LogP contribution in [-0.4, -0.2) is 5.97 Å². The average Bonchev–Trinajstić information content (AvgIpc) is 2.51. The Hall–Kier alpha value is -1.52. The van der Waals surface area contributed by atoms with Crippen LogP contribution in [0.15, 0.2) is 12.1 Å². The molecule has 0 saturated heterocycles. The molecule has 0 spiro atoms. The van der Waals surface area contributed by atoms with Gasteiger partial charge in [-0.1, -0.05) is 25.8 Å².